The smallest absolute Gasteiger partial charge is 0.247 e. The lowest BCUT2D eigenvalue weighted by atomic mass is 10.0. The molecule has 0 saturated carbocycles. The Labute approximate surface area is 209 Å². The number of ether oxygens (including phenoxy) is 1. The molecule has 1 atom stereocenters. The quantitative estimate of drug-likeness (QED) is 0.392. The van der Waals surface area contributed by atoms with Gasteiger partial charge in [-0.15, -0.1) is 11.3 Å². The zero-order chi connectivity index (χ0) is 25.2. The maximum absolute atomic E-state index is 13.6. The second-order valence-corrected chi connectivity index (χ2v) is 8.98. The summed E-state index contributed by atoms with van der Waals surface area (Å²) >= 11 is 1.31. The van der Waals surface area contributed by atoms with E-state index < -0.39 is 6.04 Å². The van der Waals surface area contributed by atoms with Crippen LogP contribution in [0.2, 0.25) is 0 Å². The number of carbonyl (C=O) groups excluding carboxylic acids is 3. The van der Waals surface area contributed by atoms with Gasteiger partial charge in [0.1, 0.15) is 6.04 Å². The van der Waals surface area contributed by atoms with Crippen LogP contribution in [-0.2, 0) is 19.1 Å². The molecule has 3 rings (SSSR count). The summed E-state index contributed by atoms with van der Waals surface area (Å²) in [7, 11) is 1.56. The van der Waals surface area contributed by atoms with Gasteiger partial charge in [0.05, 0.1) is 6.61 Å². The van der Waals surface area contributed by atoms with Crippen LogP contribution in [0.1, 0.15) is 35.6 Å². The van der Waals surface area contributed by atoms with E-state index in [-0.39, 0.29) is 30.6 Å². The molecule has 2 N–H and O–H groups in total. The van der Waals surface area contributed by atoms with Gasteiger partial charge < -0.3 is 15.4 Å². The third-order valence-electron chi connectivity index (χ3n) is 5.33. The second kappa shape index (κ2) is 12.8. The van der Waals surface area contributed by atoms with E-state index in [1.54, 1.807) is 18.7 Å². The molecule has 1 aromatic heterocycles. The van der Waals surface area contributed by atoms with Crippen molar-refractivity contribution in [3.05, 3.63) is 76.8 Å². The summed E-state index contributed by atoms with van der Waals surface area (Å²) in [5.41, 5.74) is 3.32. The molecule has 1 heterocycles. The van der Waals surface area contributed by atoms with Crippen molar-refractivity contribution < 1.29 is 19.1 Å². The highest BCUT2D eigenvalue weighted by molar-refractivity contribution is 7.13. The molecule has 8 nitrogen and oxygen atoms in total. The fourth-order valence-corrected chi connectivity index (χ4v) is 4.03. The first kappa shape index (κ1) is 26.1. The number of methoxy groups -OCH3 is 1. The van der Waals surface area contributed by atoms with Crippen LogP contribution in [-0.4, -0.2) is 43.0 Å². The van der Waals surface area contributed by atoms with Gasteiger partial charge in [-0.3, -0.25) is 19.3 Å². The largest absolute Gasteiger partial charge is 0.383 e. The van der Waals surface area contributed by atoms with E-state index in [2.05, 4.69) is 15.6 Å². The number of benzene rings is 2. The average Bonchev–Trinajstić information content (AvgIpc) is 3.35. The lowest BCUT2D eigenvalue weighted by Gasteiger charge is -2.32. The molecule has 0 aliphatic carbocycles. The maximum atomic E-state index is 13.6. The molecule has 35 heavy (non-hydrogen) atoms. The Balaban J connectivity index is 1.90. The van der Waals surface area contributed by atoms with Crippen LogP contribution in [0.3, 0.4) is 0 Å². The Bertz CT molecular complexity index is 1120. The number of nitrogens with zero attached hydrogens (tertiary/aromatic N) is 2. The SMILES string of the molecule is COCCNC(=O)[C@H](c1ccc(C)cc1)N(C(=O)CCC(=O)Nc1nccs1)c1ccc(C)cc1. The summed E-state index contributed by atoms with van der Waals surface area (Å²) < 4.78 is 5.06. The monoisotopic (exact) mass is 494 g/mol. The van der Waals surface area contributed by atoms with Crippen molar-refractivity contribution in [1.82, 2.24) is 10.3 Å². The topological polar surface area (TPSA) is 101 Å². The number of anilines is 2. The van der Waals surface area contributed by atoms with Crippen molar-refractivity contribution in [2.24, 2.45) is 0 Å². The van der Waals surface area contributed by atoms with Gasteiger partial charge in [0.25, 0.3) is 0 Å². The molecule has 0 radical (unpaired) electrons. The van der Waals surface area contributed by atoms with E-state index in [9.17, 15) is 14.4 Å². The molecule has 0 aliphatic rings. The van der Waals surface area contributed by atoms with Crippen LogP contribution in [0.5, 0.6) is 0 Å². The Hall–Kier alpha value is -3.56. The van der Waals surface area contributed by atoms with Gasteiger partial charge in [0.2, 0.25) is 17.7 Å². The first-order chi connectivity index (χ1) is 16.9. The predicted molar refractivity (Wildman–Crippen MR) is 137 cm³/mol. The molecule has 0 saturated heterocycles. The summed E-state index contributed by atoms with van der Waals surface area (Å²) in [6.07, 6.45) is 1.49. The van der Waals surface area contributed by atoms with Crippen LogP contribution < -0.4 is 15.5 Å². The summed E-state index contributed by atoms with van der Waals surface area (Å²) in [4.78, 5) is 44.9. The summed E-state index contributed by atoms with van der Waals surface area (Å²) in [6, 6.07) is 14.0. The first-order valence-electron chi connectivity index (χ1n) is 11.3. The van der Waals surface area contributed by atoms with Crippen molar-refractivity contribution in [2.75, 3.05) is 30.5 Å². The van der Waals surface area contributed by atoms with E-state index in [1.807, 2.05) is 62.4 Å². The third-order valence-corrected chi connectivity index (χ3v) is 6.02. The number of aryl methyl sites for hydroxylation is 2. The van der Waals surface area contributed by atoms with Gasteiger partial charge in [0, 0.05) is 43.8 Å². The van der Waals surface area contributed by atoms with Gasteiger partial charge in [0.15, 0.2) is 5.13 Å². The Kier molecular flexibility index (Phi) is 9.51. The number of nitrogens with one attached hydrogen (secondary N) is 2. The number of amides is 3. The highest BCUT2D eigenvalue weighted by Crippen LogP contribution is 2.29. The van der Waals surface area contributed by atoms with Gasteiger partial charge in [-0.2, -0.15) is 0 Å². The number of thiazole rings is 1. The minimum Gasteiger partial charge on any atom is -0.383 e. The first-order valence-corrected chi connectivity index (χ1v) is 12.2. The molecular formula is C26H30N4O4S. The molecule has 0 bridgehead atoms. The predicted octanol–water partition coefficient (Wildman–Crippen LogP) is 4.02. The zero-order valence-electron chi connectivity index (χ0n) is 20.1. The van der Waals surface area contributed by atoms with Gasteiger partial charge in [-0.1, -0.05) is 47.5 Å². The molecule has 3 amide bonds. The molecule has 0 aliphatic heterocycles. The number of carbonyl (C=O) groups is 3. The number of aromatic nitrogens is 1. The highest BCUT2D eigenvalue weighted by Gasteiger charge is 2.32. The van der Waals surface area contributed by atoms with E-state index in [0.29, 0.717) is 29.5 Å². The summed E-state index contributed by atoms with van der Waals surface area (Å²) in [6.45, 7) is 4.57. The Morgan fingerprint density at radius 3 is 2.26 bits per heavy atom. The van der Waals surface area contributed by atoms with Gasteiger partial charge in [-0.05, 0) is 31.5 Å². The molecule has 0 fully saturated rings. The van der Waals surface area contributed by atoms with E-state index in [0.717, 1.165) is 11.1 Å². The van der Waals surface area contributed by atoms with Crippen LogP contribution in [0.25, 0.3) is 0 Å². The minimum absolute atomic E-state index is 0.0350. The van der Waals surface area contributed by atoms with Crippen LogP contribution >= 0.6 is 11.3 Å². The van der Waals surface area contributed by atoms with Gasteiger partial charge >= 0.3 is 0 Å². The van der Waals surface area contributed by atoms with Crippen molar-refractivity contribution in [1.29, 1.82) is 0 Å². The van der Waals surface area contributed by atoms with Crippen molar-refractivity contribution >= 4 is 39.9 Å². The second-order valence-electron chi connectivity index (χ2n) is 8.08. The zero-order valence-corrected chi connectivity index (χ0v) is 20.9. The molecule has 9 heteroatoms. The molecular weight excluding hydrogens is 464 g/mol. The molecule has 2 aromatic carbocycles. The standard InChI is InChI=1S/C26H30N4O4S/c1-18-4-8-20(9-5-18)24(25(33)27-14-16-34-3)30(21-10-6-19(2)7-11-21)23(32)13-12-22(31)29-26-28-15-17-35-26/h4-11,15,17,24H,12-14,16H2,1-3H3,(H,27,33)(H,28,29,31)/t24-/m0/s1. The van der Waals surface area contributed by atoms with Gasteiger partial charge in [-0.25, -0.2) is 4.98 Å². The van der Waals surface area contributed by atoms with Crippen LogP contribution in [0.4, 0.5) is 10.8 Å². The Morgan fingerprint density at radius 1 is 1.00 bits per heavy atom. The Morgan fingerprint density at radius 2 is 1.66 bits per heavy atom. The number of rotatable bonds is 11. The minimum atomic E-state index is -0.912. The fourth-order valence-electron chi connectivity index (χ4n) is 3.49. The average molecular weight is 495 g/mol. The lowest BCUT2D eigenvalue weighted by molar-refractivity contribution is -0.127. The fraction of sp³-hybridized carbons (Fsp3) is 0.308. The van der Waals surface area contributed by atoms with E-state index >= 15 is 0 Å². The molecule has 0 unspecified atom stereocenters. The molecule has 0 spiro atoms. The third kappa shape index (κ3) is 7.46. The van der Waals surface area contributed by atoms with Crippen molar-refractivity contribution in [3.63, 3.8) is 0 Å². The number of hydrogen-bond acceptors (Lipinski definition) is 6. The van der Waals surface area contributed by atoms with E-state index in [4.69, 9.17) is 4.74 Å². The molecule has 3 aromatic rings. The maximum Gasteiger partial charge on any atom is 0.247 e. The van der Waals surface area contributed by atoms with Crippen molar-refractivity contribution in [2.45, 2.75) is 32.7 Å². The van der Waals surface area contributed by atoms with Crippen molar-refractivity contribution in [3.8, 4) is 0 Å². The summed E-state index contributed by atoms with van der Waals surface area (Å²) in [5.74, 6) is -0.976. The summed E-state index contributed by atoms with van der Waals surface area (Å²) in [5, 5.41) is 7.79. The lowest BCUT2D eigenvalue weighted by Crippen LogP contribution is -2.45. The highest BCUT2D eigenvalue weighted by atomic mass is 32.1. The molecule has 184 valence electrons. The normalized spacial score (nSPS) is 11.5. The number of hydrogen-bond donors (Lipinski definition) is 2. The van der Waals surface area contributed by atoms with Crippen LogP contribution in [0, 0.1) is 13.8 Å². The van der Waals surface area contributed by atoms with Crippen LogP contribution in [0.15, 0.2) is 60.1 Å². The van der Waals surface area contributed by atoms with E-state index in [1.165, 1.54) is 16.2 Å².